The molecule has 110 valence electrons. The highest BCUT2D eigenvalue weighted by Crippen LogP contribution is 2.14. The number of halogens is 1. The summed E-state index contributed by atoms with van der Waals surface area (Å²) in [7, 11) is 1.50. The van der Waals surface area contributed by atoms with Gasteiger partial charge in [0.1, 0.15) is 11.9 Å². The van der Waals surface area contributed by atoms with Crippen LogP contribution in [0.5, 0.6) is 0 Å². The van der Waals surface area contributed by atoms with Crippen LogP contribution in [-0.4, -0.2) is 24.9 Å². The molecule has 1 unspecified atom stereocenters. The van der Waals surface area contributed by atoms with Gasteiger partial charge in [-0.2, -0.15) is 0 Å². The zero-order valence-electron chi connectivity index (χ0n) is 11.9. The van der Waals surface area contributed by atoms with Crippen LogP contribution in [-0.2, 0) is 4.79 Å². The van der Waals surface area contributed by atoms with E-state index in [4.69, 9.17) is 5.73 Å². The zero-order valence-corrected chi connectivity index (χ0v) is 11.9. The minimum absolute atomic E-state index is 0.0302. The summed E-state index contributed by atoms with van der Waals surface area (Å²) in [6, 6.07) is 2.88. The molecule has 1 rings (SSSR count). The van der Waals surface area contributed by atoms with E-state index in [-0.39, 0.29) is 23.1 Å². The van der Waals surface area contributed by atoms with Crippen molar-refractivity contribution in [3.8, 4) is 0 Å². The van der Waals surface area contributed by atoms with Crippen molar-refractivity contribution in [1.82, 2.24) is 10.6 Å². The Morgan fingerprint density at radius 2 is 2.00 bits per heavy atom. The number of amides is 2. The number of nitrogens with two attached hydrogens (primary N) is 1. The molecular formula is C14H20FN3O2. The number of carbonyl (C=O) groups excluding carboxylic acids is 2. The van der Waals surface area contributed by atoms with Crippen LogP contribution in [0.1, 0.15) is 30.6 Å². The molecule has 20 heavy (non-hydrogen) atoms. The van der Waals surface area contributed by atoms with Crippen molar-refractivity contribution in [1.29, 1.82) is 0 Å². The van der Waals surface area contributed by atoms with Gasteiger partial charge in [-0.1, -0.05) is 13.8 Å². The van der Waals surface area contributed by atoms with Crippen LogP contribution >= 0.6 is 0 Å². The van der Waals surface area contributed by atoms with Crippen LogP contribution in [0, 0.1) is 11.7 Å². The first-order valence-corrected chi connectivity index (χ1v) is 6.42. The molecule has 4 N–H and O–H groups in total. The molecule has 0 saturated carbocycles. The summed E-state index contributed by atoms with van der Waals surface area (Å²) >= 11 is 0. The number of nitrogens with one attached hydrogen (secondary N) is 2. The Morgan fingerprint density at radius 3 is 2.55 bits per heavy atom. The molecule has 1 aromatic rings. The molecule has 0 aliphatic heterocycles. The fourth-order valence-corrected chi connectivity index (χ4v) is 1.84. The largest absolute Gasteiger partial charge is 0.398 e. The van der Waals surface area contributed by atoms with Gasteiger partial charge < -0.3 is 16.4 Å². The number of hydrogen-bond acceptors (Lipinski definition) is 3. The average Bonchev–Trinajstić information content (AvgIpc) is 2.39. The maximum absolute atomic E-state index is 13.2. The van der Waals surface area contributed by atoms with Gasteiger partial charge in [-0.15, -0.1) is 0 Å². The van der Waals surface area contributed by atoms with Crippen molar-refractivity contribution >= 4 is 17.5 Å². The summed E-state index contributed by atoms with van der Waals surface area (Å²) in [6.45, 7) is 3.89. The normalized spacial score (nSPS) is 12.1. The third kappa shape index (κ3) is 4.22. The molecule has 6 heteroatoms. The number of rotatable bonds is 5. The van der Waals surface area contributed by atoms with Crippen LogP contribution in [0.25, 0.3) is 0 Å². The molecule has 5 nitrogen and oxygen atoms in total. The highest BCUT2D eigenvalue weighted by Gasteiger charge is 2.22. The molecule has 0 aliphatic rings. The van der Waals surface area contributed by atoms with Crippen LogP contribution in [0.4, 0.5) is 10.1 Å². The van der Waals surface area contributed by atoms with Crippen molar-refractivity contribution in [3.05, 3.63) is 29.6 Å². The highest BCUT2D eigenvalue weighted by atomic mass is 19.1. The predicted molar refractivity (Wildman–Crippen MR) is 75.6 cm³/mol. The summed E-state index contributed by atoms with van der Waals surface area (Å²) in [5.74, 6) is -1.18. The zero-order chi connectivity index (χ0) is 15.3. The van der Waals surface area contributed by atoms with E-state index < -0.39 is 17.8 Å². The standard InChI is InChI=1S/C14H20FN3O2/c1-8(2)6-12(14(20)17-3)18-13(19)10-7-9(15)4-5-11(10)16/h4-5,7-8,12H,6,16H2,1-3H3,(H,17,20)(H,18,19). The summed E-state index contributed by atoms with van der Waals surface area (Å²) in [4.78, 5) is 23.8. The molecule has 0 radical (unpaired) electrons. The number of anilines is 1. The van der Waals surface area contributed by atoms with Gasteiger partial charge in [0.15, 0.2) is 0 Å². The van der Waals surface area contributed by atoms with E-state index in [0.717, 1.165) is 6.07 Å². The lowest BCUT2D eigenvalue weighted by molar-refractivity contribution is -0.122. The average molecular weight is 281 g/mol. The lowest BCUT2D eigenvalue weighted by Gasteiger charge is -2.19. The van der Waals surface area contributed by atoms with E-state index in [9.17, 15) is 14.0 Å². The third-order valence-corrected chi connectivity index (χ3v) is 2.84. The van der Waals surface area contributed by atoms with Gasteiger partial charge in [-0.3, -0.25) is 9.59 Å². The Balaban J connectivity index is 2.90. The van der Waals surface area contributed by atoms with Crippen molar-refractivity contribution in [2.45, 2.75) is 26.3 Å². The maximum Gasteiger partial charge on any atom is 0.254 e. The summed E-state index contributed by atoms with van der Waals surface area (Å²) in [6.07, 6.45) is 0.487. The fraction of sp³-hybridized carbons (Fsp3) is 0.429. The van der Waals surface area contributed by atoms with E-state index in [1.165, 1.54) is 19.2 Å². The lowest BCUT2D eigenvalue weighted by atomic mass is 10.0. The number of nitrogen functional groups attached to an aromatic ring is 1. The van der Waals surface area contributed by atoms with Gasteiger partial charge in [0, 0.05) is 12.7 Å². The minimum atomic E-state index is -0.671. The van der Waals surface area contributed by atoms with Crippen LogP contribution in [0.3, 0.4) is 0 Å². The van der Waals surface area contributed by atoms with E-state index in [0.29, 0.717) is 6.42 Å². The first-order valence-electron chi connectivity index (χ1n) is 6.42. The van der Waals surface area contributed by atoms with Crippen molar-refractivity contribution in [3.63, 3.8) is 0 Å². The quantitative estimate of drug-likeness (QED) is 0.711. The van der Waals surface area contributed by atoms with Gasteiger partial charge >= 0.3 is 0 Å². The summed E-state index contributed by atoms with van der Waals surface area (Å²) in [5, 5.41) is 5.08. The Morgan fingerprint density at radius 1 is 1.35 bits per heavy atom. The molecule has 0 saturated heterocycles. The Bertz CT molecular complexity index is 503. The number of hydrogen-bond donors (Lipinski definition) is 3. The van der Waals surface area contributed by atoms with Gasteiger partial charge in [-0.25, -0.2) is 4.39 Å². The van der Waals surface area contributed by atoms with Crippen LogP contribution in [0.2, 0.25) is 0 Å². The fourth-order valence-electron chi connectivity index (χ4n) is 1.84. The van der Waals surface area contributed by atoms with E-state index in [1.807, 2.05) is 13.8 Å². The molecule has 0 fully saturated rings. The van der Waals surface area contributed by atoms with Gasteiger partial charge in [0.25, 0.3) is 5.91 Å². The van der Waals surface area contributed by atoms with Gasteiger partial charge in [0.2, 0.25) is 5.91 Å². The summed E-state index contributed by atoms with van der Waals surface area (Å²) in [5.41, 5.74) is 5.85. The number of likely N-dealkylation sites (N-methyl/N-ethyl adjacent to an activating group) is 1. The van der Waals surface area contributed by atoms with Crippen LogP contribution < -0.4 is 16.4 Å². The second kappa shape index (κ2) is 6.88. The molecule has 1 aromatic carbocycles. The first-order chi connectivity index (χ1) is 9.35. The van der Waals surface area contributed by atoms with Gasteiger partial charge in [0.05, 0.1) is 5.56 Å². The monoisotopic (exact) mass is 281 g/mol. The first kappa shape index (κ1) is 15.9. The Hall–Kier alpha value is -2.11. The second-order valence-corrected chi connectivity index (χ2v) is 5.00. The maximum atomic E-state index is 13.2. The highest BCUT2D eigenvalue weighted by molar-refractivity contribution is 6.01. The van der Waals surface area contributed by atoms with Crippen LogP contribution in [0.15, 0.2) is 18.2 Å². The molecule has 2 amide bonds. The second-order valence-electron chi connectivity index (χ2n) is 5.00. The van der Waals surface area contributed by atoms with Crippen molar-refractivity contribution < 1.29 is 14.0 Å². The Labute approximate surface area is 117 Å². The lowest BCUT2D eigenvalue weighted by Crippen LogP contribution is -2.46. The van der Waals surface area contributed by atoms with Gasteiger partial charge in [-0.05, 0) is 30.5 Å². The minimum Gasteiger partial charge on any atom is -0.398 e. The summed E-state index contributed by atoms with van der Waals surface area (Å²) < 4.78 is 13.2. The van der Waals surface area contributed by atoms with E-state index in [1.54, 1.807) is 0 Å². The number of carbonyl (C=O) groups is 2. The molecular weight excluding hydrogens is 261 g/mol. The van der Waals surface area contributed by atoms with E-state index >= 15 is 0 Å². The third-order valence-electron chi connectivity index (χ3n) is 2.84. The molecule has 1 atom stereocenters. The molecule has 0 bridgehead atoms. The van der Waals surface area contributed by atoms with E-state index in [2.05, 4.69) is 10.6 Å². The molecule has 0 heterocycles. The molecule has 0 aromatic heterocycles. The molecule has 0 aliphatic carbocycles. The molecule has 0 spiro atoms. The number of benzene rings is 1. The predicted octanol–water partition coefficient (Wildman–Crippen LogP) is 1.30. The topological polar surface area (TPSA) is 84.2 Å². The van der Waals surface area contributed by atoms with Crippen molar-refractivity contribution in [2.75, 3.05) is 12.8 Å². The van der Waals surface area contributed by atoms with Crippen molar-refractivity contribution in [2.24, 2.45) is 5.92 Å². The Kier molecular flexibility index (Phi) is 5.49. The smallest absolute Gasteiger partial charge is 0.254 e. The SMILES string of the molecule is CNC(=O)C(CC(C)C)NC(=O)c1cc(F)ccc1N.